The fraction of sp³-hybridized carbons (Fsp3) is 0.208. The van der Waals surface area contributed by atoms with Gasteiger partial charge in [0.1, 0.15) is 12.4 Å². The minimum absolute atomic E-state index is 0.0140. The number of sulfonamides is 1. The Kier molecular flexibility index (Phi) is 7.93. The molecule has 0 bridgehead atoms. The predicted molar refractivity (Wildman–Crippen MR) is 133 cm³/mol. The number of nitrogens with one attached hydrogen (secondary N) is 3. The second kappa shape index (κ2) is 11.0. The van der Waals surface area contributed by atoms with Gasteiger partial charge >= 0.3 is 6.18 Å². The van der Waals surface area contributed by atoms with E-state index in [-0.39, 0.29) is 34.6 Å². The van der Waals surface area contributed by atoms with Crippen molar-refractivity contribution in [3.8, 4) is 5.75 Å². The first-order chi connectivity index (χ1) is 17.5. The molecule has 0 aliphatic heterocycles. The molecule has 0 spiro atoms. The number of H-pyrrole nitrogens is 1. The lowest BCUT2D eigenvalue weighted by molar-refractivity contribution is -0.139. The molecule has 4 aromatic rings. The number of fused-ring (bicyclic) bond motifs is 1. The molecule has 4 N–H and O–H groups in total. The van der Waals surface area contributed by atoms with Crippen molar-refractivity contribution >= 4 is 38.2 Å². The minimum atomic E-state index is -4.55. The number of hydrogen-bond acceptors (Lipinski definition) is 6. The van der Waals surface area contributed by atoms with Crippen LogP contribution >= 0.6 is 11.6 Å². The lowest BCUT2D eigenvalue weighted by atomic mass is 10.1. The van der Waals surface area contributed by atoms with Gasteiger partial charge in [0.25, 0.3) is 10.0 Å². The summed E-state index contributed by atoms with van der Waals surface area (Å²) in [6, 6.07) is 16.4. The van der Waals surface area contributed by atoms with Crippen LogP contribution in [0.2, 0.25) is 5.02 Å². The third-order valence-electron chi connectivity index (χ3n) is 5.32. The van der Waals surface area contributed by atoms with Crippen LogP contribution in [0.25, 0.3) is 10.9 Å². The van der Waals surface area contributed by atoms with E-state index in [1.54, 1.807) is 24.3 Å². The van der Waals surface area contributed by atoms with E-state index < -0.39 is 28.0 Å². The summed E-state index contributed by atoms with van der Waals surface area (Å²) in [6.45, 7) is 0.688. The van der Waals surface area contributed by atoms with E-state index in [0.29, 0.717) is 22.9 Å². The Hall–Kier alpha value is -3.32. The fourth-order valence-corrected chi connectivity index (χ4v) is 4.91. The molecule has 0 aliphatic carbocycles. The van der Waals surface area contributed by atoms with Gasteiger partial charge in [-0.05, 0) is 48.0 Å². The average Bonchev–Trinajstić information content (AvgIpc) is 3.28. The molecule has 0 saturated heterocycles. The van der Waals surface area contributed by atoms with E-state index >= 15 is 0 Å². The van der Waals surface area contributed by atoms with Crippen LogP contribution in [0, 0.1) is 0 Å². The fourth-order valence-electron chi connectivity index (χ4n) is 3.56. The molecule has 1 aromatic heterocycles. The number of halogens is 4. The van der Waals surface area contributed by atoms with Gasteiger partial charge in [-0.1, -0.05) is 29.8 Å². The van der Waals surface area contributed by atoms with Crippen LogP contribution in [0.15, 0.2) is 71.6 Å². The molecule has 1 atom stereocenters. The molecule has 3 aromatic carbocycles. The predicted octanol–water partition coefficient (Wildman–Crippen LogP) is 4.74. The maximum absolute atomic E-state index is 12.9. The highest BCUT2D eigenvalue weighted by molar-refractivity contribution is 7.92. The molecule has 8 nitrogen and oxygen atoms in total. The number of benzene rings is 3. The van der Waals surface area contributed by atoms with Crippen molar-refractivity contribution < 1.29 is 31.4 Å². The molecule has 0 saturated carbocycles. The largest absolute Gasteiger partial charge is 0.492 e. The first kappa shape index (κ1) is 26.7. The summed E-state index contributed by atoms with van der Waals surface area (Å²) in [5, 5.41) is 19.4. The van der Waals surface area contributed by atoms with Crippen molar-refractivity contribution in [2.75, 3.05) is 24.4 Å². The van der Waals surface area contributed by atoms with Gasteiger partial charge in [0.2, 0.25) is 0 Å². The Morgan fingerprint density at radius 1 is 1.08 bits per heavy atom. The summed E-state index contributed by atoms with van der Waals surface area (Å²) in [7, 11) is -3.86. The number of rotatable bonds is 10. The zero-order valence-corrected chi connectivity index (χ0v) is 20.7. The number of nitrogens with zero attached hydrogens (tertiary/aromatic N) is 1. The Morgan fingerprint density at radius 2 is 1.86 bits per heavy atom. The second-order valence-corrected chi connectivity index (χ2v) is 10.2. The van der Waals surface area contributed by atoms with E-state index in [9.17, 15) is 26.7 Å². The molecule has 0 unspecified atom stereocenters. The second-order valence-electron chi connectivity index (χ2n) is 8.03. The monoisotopic (exact) mass is 554 g/mol. The summed E-state index contributed by atoms with van der Waals surface area (Å²) < 4.78 is 72.0. The average molecular weight is 555 g/mol. The van der Waals surface area contributed by atoms with Crippen LogP contribution < -0.4 is 14.8 Å². The van der Waals surface area contributed by atoms with Crippen LogP contribution in [-0.4, -0.2) is 43.4 Å². The molecule has 0 amide bonds. The number of ether oxygens (including phenoxy) is 1. The van der Waals surface area contributed by atoms with E-state index in [4.69, 9.17) is 16.3 Å². The molecular weight excluding hydrogens is 533 g/mol. The van der Waals surface area contributed by atoms with Gasteiger partial charge in [-0.2, -0.15) is 18.3 Å². The molecule has 4 rings (SSSR count). The van der Waals surface area contributed by atoms with Gasteiger partial charge in [-0.25, -0.2) is 8.42 Å². The van der Waals surface area contributed by atoms with Crippen LogP contribution in [0.1, 0.15) is 17.4 Å². The smallest absolute Gasteiger partial charge is 0.435 e. The highest BCUT2D eigenvalue weighted by Gasteiger charge is 2.35. The Morgan fingerprint density at radius 3 is 2.62 bits per heavy atom. The number of aliphatic hydroxyl groups is 1. The third kappa shape index (κ3) is 6.72. The van der Waals surface area contributed by atoms with Gasteiger partial charge in [-0.3, -0.25) is 9.82 Å². The van der Waals surface area contributed by atoms with Crippen LogP contribution in [-0.2, 0) is 16.2 Å². The van der Waals surface area contributed by atoms with Crippen molar-refractivity contribution in [1.82, 2.24) is 15.5 Å². The quantitative estimate of drug-likeness (QED) is 0.210. The van der Waals surface area contributed by atoms with E-state index in [1.165, 1.54) is 42.5 Å². The number of aliphatic hydroxyl groups excluding tert-OH is 1. The van der Waals surface area contributed by atoms with Crippen LogP contribution in [0.4, 0.5) is 18.9 Å². The number of anilines is 1. The maximum Gasteiger partial charge on any atom is 0.435 e. The van der Waals surface area contributed by atoms with Crippen LogP contribution in [0.3, 0.4) is 0 Å². The molecule has 37 heavy (non-hydrogen) atoms. The molecule has 13 heteroatoms. The van der Waals surface area contributed by atoms with Gasteiger partial charge in [0.15, 0.2) is 5.69 Å². The Labute approximate surface area is 215 Å². The summed E-state index contributed by atoms with van der Waals surface area (Å²) in [6.07, 6.45) is -5.48. The van der Waals surface area contributed by atoms with Crippen LogP contribution in [0.5, 0.6) is 5.75 Å². The number of aromatic nitrogens is 2. The molecule has 0 radical (unpaired) electrons. The van der Waals surface area contributed by atoms with Gasteiger partial charge in [0.05, 0.1) is 16.5 Å². The third-order valence-corrected chi connectivity index (χ3v) is 6.93. The van der Waals surface area contributed by atoms with E-state index in [2.05, 4.69) is 20.2 Å². The summed E-state index contributed by atoms with van der Waals surface area (Å²) in [5.74, 6) is 0.368. The molecule has 0 fully saturated rings. The lowest BCUT2D eigenvalue weighted by Crippen LogP contribution is -2.26. The zero-order valence-electron chi connectivity index (χ0n) is 19.1. The first-order valence-corrected chi connectivity index (χ1v) is 12.8. The molecule has 196 valence electrons. The highest BCUT2D eigenvalue weighted by atomic mass is 35.5. The van der Waals surface area contributed by atoms with Gasteiger partial charge in [-0.15, -0.1) is 0 Å². The minimum Gasteiger partial charge on any atom is -0.492 e. The van der Waals surface area contributed by atoms with Crippen molar-refractivity contribution in [2.24, 2.45) is 0 Å². The van der Waals surface area contributed by atoms with E-state index in [1.807, 2.05) is 0 Å². The maximum atomic E-state index is 12.9. The van der Waals surface area contributed by atoms with Gasteiger partial charge < -0.3 is 15.2 Å². The van der Waals surface area contributed by atoms with Gasteiger partial charge in [0, 0.05) is 35.3 Å². The molecule has 0 aliphatic rings. The summed E-state index contributed by atoms with van der Waals surface area (Å²) in [5.41, 5.74) is -0.00211. The number of aromatic amines is 1. The van der Waals surface area contributed by atoms with Crippen molar-refractivity contribution in [1.29, 1.82) is 0 Å². The zero-order chi connectivity index (χ0) is 26.6. The molecule has 1 heterocycles. The van der Waals surface area contributed by atoms with Crippen molar-refractivity contribution in [2.45, 2.75) is 17.2 Å². The van der Waals surface area contributed by atoms with E-state index in [0.717, 1.165) is 0 Å². The van der Waals surface area contributed by atoms with Crippen molar-refractivity contribution in [3.63, 3.8) is 0 Å². The Bertz CT molecular complexity index is 1490. The highest BCUT2D eigenvalue weighted by Crippen LogP contribution is 2.34. The molecular formula is C24H22ClF3N4O4S. The standard InChI is InChI=1S/C24H22ClF3N4O4S/c25-16-4-2-6-19(12-16)37(34,35)32-17-5-1-3-15(11-17)22(33)14-29-9-10-36-18-7-8-20-21(13-18)30-31-23(20)24(26,27)28/h1-8,11-13,22,29,32-33H,9-10,14H2,(H,30,31)/t22-/m0/s1. The summed E-state index contributed by atoms with van der Waals surface area (Å²) in [4.78, 5) is 0.0140. The SMILES string of the molecule is O=S(=O)(Nc1cccc([C@@H](O)CNCCOc2ccc3c(C(F)(F)F)n[nH]c3c2)c1)c1cccc(Cl)c1. The lowest BCUT2D eigenvalue weighted by Gasteiger charge is -2.15. The summed E-state index contributed by atoms with van der Waals surface area (Å²) >= 11 is 5.88. The number of alkyl halides is 3. The topological polar surface area (TPSA) is 116 Å². The first-order valence-electron chi connectivity index (χ1n) is 11.0. The normalized spacial score (nSPS) is 13.0. The Balaban J connectivity index is 1.27. The van der Waals surface area contributed by atoms with Crippen molar-refractivity contribution in [3.05, 3.63) is 83.0 Å². The number of hydrogen-bond donors (Lipinski definition) is 4.